The van der Waals surface area contributed by atoms with Crippen LogP contribution in [0.2, 0.25) is 0 Å². The van der Waals surface area contributed by atoms with Gasteiger partial charge in [0.25, 0.3) is 0 Å². The first-order valence-corrected chi connectivity index (χ1v) is 5.93. The molecule has 20 heavy (non-hydrogen) atoms. The highest BCUT2D eigenvalue weighted by Gasteiger charge is 2.36. The lowest BCUT2D eigenvalue weighted by Gasteiger charge is -2.21. The number of nitrogens with zero attached hydrogens (tertiary/aromatic N) is 2. The lowest BCUT2D eigenvalue weighted by molar-refractivity contribution is 0.180. The van der Waals surface area contributed by atoms with Crippen LogP contribution >= 0.6 is 0 Å². The fourth-order valence-corrected chi connectivity index (χ4v) is 2.30. The van der Waals surface area contributed by atoms with Gasteiger partial charge in [-0.05, 0) is 12.1 Å². The average molecular weight is 272 g/mol. The van der Waals surface area contributed by atoms with Gasteiger partial charge in [-0.15, -0.1) is 5.10 Å². The van der Waals surface area contributed by atoms with Crippen LogP contribution < -0.4 is 10.5 Å². The number of rotatable bonds is 3. The number of aromatic amines is 1. The number of methoxy groups -OCH3 is 1. The number of nitriles is 1. The Morgan fingerprint density at radius 2 is 2.45 bits per heavy atom. The van der Waals surface area contributed by atoms with E-state index in [0.29, 0.717) is 29.4 Å². The van der Waals surface area contributed by atoms with E-state index in [9.17, 15) is 5.26 Å². The van der Waals surface area contributed by atoms with Crippen LogP contribution in [0.4, 0.5) is 0 Å². The van der Waals surface area contributed by atoms with E-state index in [1.54, 1.807) is 25.5 Å². The highest BCUT2D eigenvalue weighted by Crippen LogP contribution is 2.42. The van der Waals surface area contributed by atoms with Crippen LogP contribution in [0, 0.1) is 11.3 Å². The fourth-order valence-electron chi connectivity index (χ4n) is 2.30. The summed E-state index contributed by atoms with van der Waals surface area (Å²) in [5.74, 6) is 0.544. The van der Waals surface area contributed by atoms with Crippen molar-refractivity contribution in [3.8, 4) is 11.9 Å². The van der Waals surface area contributed by atoms with E-state index < -0.39 is 5.92 Å². The second-order valence-corrected chi connectivity index (χ2v) is 4.29. The Kier molecular flexibility index (Phi) is 2.93. The number of nitrogens with two attached hydrogens (primary N) is 1. The maximum atomic E-state index is 9.34. The van der Waals surface area contributed by atoms with E-state index in [0.717, 1.165) is 5.69 Å². The smallest absolute Gasteiger partial charge is 0.244 e. The van der Waals surface area contributed by atoms with Gasteiger partial charge in [-0.1, -0.05) is 0 Å². The van der Waals surface area contributed by atoms with Gasteiger partial charge in [-0.2, -0.15) is 5.26 Å². The zero-order valence-corrected chi connectivity index (χ0v) is 10.7. The summed E-state index contributed by atoms with van der Waals surface area (Å²) >= 11 is 0. The first-order chi connectivity index (χ1) is 9.76. The monoisotopic (exact) mass is 272 g/mol. The van der Waals surface area contributed by atoms with Gasteiger partial charge in [0.05, 0.1) is 30.0 Å². The first-order valence-electron chi connectivity index (χ1n) is 5.93. The Balaban J connectivity index is 2.19. The molecule has 1 aliphatic heterocycles. The van der Waals surface area contributed by atoms with Gasteiger partial charge in [0.2, 0.25) is 11.8 Å². The molecule has 1 atom stereocenters. The number of furan rings is 1. The summed E-state index contributed by atoms with van der Waals surface area (Å²) in [6.45, 7) is 0.321. The standard InChI is InChI=1S/C13H12N4O3/c1-18-6-8-11-10(9-3-2-4-19-9)7(5-14)12(15)20-13(11)17-16-8/h2-4,10H,6,15H2,1H3,(H,16,17)/t10-/m1/s1. The van der Waals surface area contributed by atoms with Crippen molar-refractivity contribution in [1.82, 2.24) is 10.2 Å². The van der Waals surface area contributed by atoms with Gasteiger partial charge in [-0.3, -0.25) is 5.10 Å². The van der Waals surface area contributed by atoms with Gasteiger partial charge in [0, 0.05) is 7.11 Å². The van der Waals surface area contributed by atoms with E-state index in [1.807, 2.05) is 0 Å². The molecule has 0 radical (unpaired) electrons. The van der Waals surface area contributed by atoms with Crippen molar-refractivity contribution >= 4 is 0 Å². The fraction of sp³-hybridized carbons (Fsp3) is 0.231. The summed E-state index contributed by atoms with van der Waals surface area (Å²) in [7, 11) is 1.58. The molecule has 102 valence electrons. The summed E-state index contributed by atoms with van der Waals surface area (Å²) in [5, 5.41) is 16.2. The minimum Gasteiger partial charge on any atom is -0.468 e. The van der Waals surface area contributed by atoms with Crippen LogP contribution in [0.5, 0.6) is 5.88 Å². The van der Waals surface area contributed by atoms with Gasteiger partial charge in [0.15, 0.2) is 0 Å². The Labute approximate surface area is 114 Å². The van der Waals surface area contributed by atoms with Gasteiger partial charge >= 0.3 is 0 Å². The number of fused-ring (bicyclic) bond motifs is 1. The molecule has 3 rings (SSSR count). The van der Waals surface area contributed by atoms with E-state index >= 15 is 0 Å². The summed E-state index contributed by atoms with van der Waals surface area (Å²) in [5.41, 5.74) is 7.53. The third-order valence-electron chi connectivity index (χ3n) is 3.13. The molecule has 0 saturated carbocycles. The number of H-pyrrole nitrogens is 1. The quantitative estimate of drug-likeness (QED) is 0.873. The van der Waals surface area contributed by atoms with Crippen LogP contribution in [0.15, 0.2) is 34.3 Å². The van der Waals surface area contributed by atoms with Crippen LogP contribution in [-0.4, -0.2) is 17.3 Å². The topological polar surface area (TPSA) is 110 Å². The average Bonchev–Trinajstić information content (AvgIpc) is 3.08. The van der Waals surface area contributed by atoms with Crippen molar-refractivity contribution in [2.24, 2.45) is 5.73 Å². The van der Waals surface area contributed by atoms with Crippen LogP contribution in [-0.2, 0) is 11.3 Å². The number of hydrogen-bond donors (Lipinski definition) is 2. The van der Waals surface area contributed by atoms with Gasteiger partial charge < -0.3 is 19.6 Å². The van der Waals surface area contributed by atoms with Crippen molar-refractivity contribution in [3.05, 3.63) is 46.9 Å². The van der Waals surface area contributed by atoms with E-state index in [1.165, 1.54) is 0 Å². The number of ether oxygens (including phenoxy) is 2. The molecule has 2 aromatic heterocycles. The van der Waals surface area contributed by atoms with E-state index in [2.05, 4.69) is 16.3 Å². The first kappa shape index (κ1) is 12.3. The molecule has 0 aliphatic carbocycles. The summed E-state index contributed by atoms with van der Waals surface area (Å²) in [6.07, 6.45) is 1.55. The lowest BCUT2D eigenvalue weighted by atomic mass is 9.88. The molecule has 0 amide bonds. The van der Waals surface area contributed by atoms with Gasteiger partial charge in [-0.25, -0.2) is 0 Å². The van der Waals surface area contributed by atoms with Crippen molar-refractivity contribution in [1.29, 1.82) is 5.26 Å². The van der Waals surface area contributed by atoms with Crippen LogP contribution in [0.25, 0.3) is 0 Å². The highest BCUT2D eigenvalue weighted by molar-refractivity contribution is 5.53. The summed E-state index contributed by atoms with van der Waals surface area (Å²) in [6, 6.07) is 5.62. The summed E-state index contributed by atoms with van der Waals surface area (Å²) < 4.78 is 15.9. The number of aromatic nitrogens is 2. The minimum atomic E-state index is -0.442. The zero-order chi connectivity index (χ0) is 14.1. The molecule has 3 heterocycles. The molecule has 0 unspecified atom stereocenters. The van der Waals surface area contributed by atoms with Crippen LogP contribution in [0.3, 0.4) is 0 Å². The molecule has 0 spiro atoms. The number of allylic oxidation sites excluding steroid dienone is 1. The molecular weight excluding hydrogens is 260 g/mol. The largest absolute Gasteiger partial charge is 0.468 e. The SMILES string of the molecule is COCc1[nH]nc2c1[C@@H](c1ccco1)C(C#N)=C(N)O2. The van der Waals surface area contributed by atoms with E-state index in [4.69, 9.17) is 19.6 Å². The molecule has 2 aromatic rings. The normalized spacial score (nSPS) is 17.5. The lowest BCUT2D eigenvalue weighted by Crippen LogP contribution is -2.21. The maximum absolute atomic E-state index is 9.34. The third-order valence-corrected chi connectivity index (χ3v) is 3.13. The van der Waals surface area contributed by atoms with E-state index in [-0.39, 0.29) is 5.88 Å². The second kappa shape index (κ2) is 4.75. The predicted octanol–water partition coefficient (Wildman–Crippen LogP) is 1.37. The molecular formula is C13H12N4O3. The van der Waals surface area contributed by atoms with Gasteiger partial charge in [0.1, 0.15) is 17.4 Å². The number of hydrogen-bond acceptors (Lipinski definition) is 6. The number of nitrogens with one attached hydrogen (secondary N) is 1. The highest BCUT2D eigenvalue weighted by atomic mass is 16.5. The minimum absolute atomic E-state index is 0.0388. The predicted molar refractivity (Wildman–Crippen MR) is 67.3 cm³/mol. The molecule has 0 fully saturated rings. The van der Waals surface area contributed by atoms with Crippen LogP contribution in [0.1, 0.15) is 22.9 Å². The Hall–Kier alpha value is -2.72. The molecule has 7 nitrogen and oxygen atoms in total. The molecule has 0 saturated heterocycles. The Bertz CT molecular complexity index is 694. The molecule has 7 heteroatoms. The third kappa shape index (κ3) is 1.74. The van der Waals surface area contributed by atoms with Crippen molar-refractivity contribution < 1.29 is 13.9 Å². The Morgan fingerprint density at radius 3 is 3.10 bits per heavy atom. The molecule has 3 N–H and O–H groups in total. The second-order valence-electron chi connectivity index (χ2n) is 4.29. The van der Waals surface area contributed by atoms with Crippen molar-refractivity contribution in [2.75, 3.05) is 7.11 Å². The van der Waals surface area contributed by atoms with Crippen molar-refractivity contribution in [3.63, 3.8) is 0 Å². The summed E-state index contributed by atoms with van der Waals surface area (Å²) in [4.78, 5) is 0. The Morgan fingerprint density at radius 1 is 1.60 bits per heavy atom. The molecule has 0 aromatic carbocycles. The van der Waals surface area contributed by atoms with Crippen molar-refractivity contribution in [2.45, 2.75) is 12.5 Å². The molecule has 0 bridgehead atoms. The zero-order valence-electron chi connectivity index (χ0n) is 10.7. The molecule has 1 aliphatic rings. The maximum Gasteiger partial charge on any atom is 0.244 e.